The molecule has 1 aliphatic heterocycles. The predicted molar refractivity (Wildman–Crippen MR) is 83.0 cm³/mol. The SMILES string of the molecule is COC1CCCNC1C(c1ccccc1)C1CCCC1. The fourth-order valence-electron chi connectivity index (χ4n) is 4.27. The van der Waals surface area contributed by atoms with Crippen molar-refractivity contribution >= 4 is 0 Å². The number of rotatable bonds is 4. The van der Waals surface area contributed by atoms with Crippen molar-refractivity contribution < 1.29 is 4.74 Å². The van der Waals surface area contributed by atoms with Gasteiger partial charge in [0.25, 0.3) is 0 Å². The average Bonchev–Trinajstić information content (AvgIpc) is 3.03. The third kappa shape index (κ3) is 2.91. The molecule has 3 atom stereocenters. The van der Waals surface area contributed by atoms with E-state index in [0.717, 1.165) is 12.5 Å². The lowest BCUT2D eigenvalue weighted by Gasteiger charge is -2.40. The molecule has 1 N–H and O–H groups in total. The molecule has 2 fully saturated rings. The largest absolute Gasteiger partial charge is 0.380 e. The van der Waals surface area contributed by atoms with Crippen LogP contribution >= 0.6 is 0 Å². The molecule has 1 heterocycles. The first-order chi connectivity index (χ1) is 9.90. The van der Waals surface area contributed by atoms with Crippen molar-refractivity contribution in [1.82, 2.24) is 5.32 Å². The van der Waals surface area contributed by atoms with Crippen molar-refractivity contribution in [3.63, 3.8) is 0 Å². The molecule has 3 unspecified atom stereocenters. The van der Waals surface area contributed by atoms with Crippen LogP contribution in [-0.2, 0) is 4.74 Å². The Labute approximate surface area is 122 Å². The van der Waals surface area contributed by atoms with Gasteiger partial charge in [-0.25, -0.2) is 0 Å². The lowest BCUT2D eigenvalue weighted by Crippen LogP contribution is -2.50. The number of benzene rings is 1. The summed E-state index contributed by atoms with van der Waals surface area (Å²) in [6, 6.07) is 11.6. The zero-order valence-corrected chi connectivity index (χ0v) is 12.6. The lowest BCUT2D eigenvalue weighted by molar-refractivity contribution is 0.0287. The number of ether oxygens (including phenoxy) is 1. The van der Waals surface area contributed by atoms with Gasteiger partial charge in [0.05, 0.1) is 6.10 Å². The number of piperidine rings is 1. The van der Waals surface area contributed by atoms with Gasteiger partial charge >= 0.3 is 0 Å². The molecule has 110 valence electrons. The van der Waals surface area contributed by atoms with Crippen LogP contribution in [-0.4, -0.2) is 25.8 Å². The van der Waals surface area contributed by atoms with E-state index in [0.29, 0.717) is 18.1 Å². The average molecular weight is 273 g/mol. The van der Waals surface area contributed by atoms with Gasteiger partial charge in [-0.15, -0.1) is 0 Å². The van der Waals surface area contributed by atoms with Gasteiger partial charge in [0.1, 0.15) is 0 Å². The van der Waals surface area contributed by atoms with E-state index in [1.54, 1.807) is 0 Å². The van der Waals surface area contributed by atoms with E-state index in [2.05, 4.69) is 35.6 Å². The van der Waals surface area contributed by atoms with E-state index in [1.165, 1.54) is 44.1 Å². The molecule has 1 aliphatic carbocycles. The maximum Gasteiger partial charge on any atom is 0.0730 e. The Kier molecular flexibility index (Phi) is 4.74. The predicted octanol–water partition coefficient (Wildman–Crippen LogP) is 3.73. The van der Waals surface area contributed by atoms with Crippen molar-refractivity contribution in [2.24, 2.45) is 5.92 Å². The Morgan fingerprint density at radius 3 is 2.50 bits per heavy atom. The third-order valence-corrected chi connectivity index (χ3v) is 5.23. The highest BCUT2D eigenvalue weighted by Crippen LogP contribution is 2.41. The monoisotopic (exact) mass is 273 g/mol. The molecule has 2 heteroatoms. The fourth-order valence-corrected chi connectivity index (χ4v) is 4.27. The molecule has 2 aliphatic rings. The minimum absolute atomic E-state index is 0.370. The van der Waals surface area contributed by atoms with Crippen molar-refractivity contribution in [2.45, 2.75) is 56.6 Å². The normalized spacial score (nSPS) is 29.4. The smallest absolute Gasteiger partial charge is 0.0730 e. The Morgan fingerprint density at radius 1 is 1.05 bits per heavy atom. The van der Waals surface area contributed by atoms with Crippen LogP contribution in [0.5, 0.6) is 0 Å². The lowest BCUT2D eigenvalue weighted by atomic mass is 9.76. The summed E-state index contributed by atoms with van der Waals surface area (Å²) in [6.45, 7) is 1.14. The summed E-state index contributed by atoms with van der Waals surface area (Å²) in [5.74, 6) is 1.44. The van der Waals surface area contributed by atoms with Gasteiger partial charge in [-0.2, -0.15) is 0 Å². The molecule has 0 amide bonds. The van der Waals surface area contributed by atoms with E-state index >= 15 is 0 Å². The molecule has 0 radical (unpaired) electrons. The number of nitrogens with one attached hydrogen (secondary N) is 1. The quantitative estimate of drug-likeness (QED) is 0.902. The molecule has 1 aromatic rings. The molecular weight excluding hydrogens is 246 g/mol. The molecular formula is C18H27NO. The van der Waals surface area contributed by atoms with E-state index in [9.17, 15) is 0 Å². The van der Waals surface area contributed by atoms with Crippen molar-refractivity contribution in [2.75, 3.05) is 13.7 Å². The molecule has 0 bridgehead atoms. The highest BCUT2D eigenvalue weighted by Gasteiger charge is 2.38. The summed E-state index contributed by atoms with van der Waals surface area (Å²) in [7, 11) is 1.88. The zero-order valence-electron chi connectivity index (χ0n) is 12.6. The standard InChI is InChI=1S/C18H27NO/c1-20-16-12-7-13-19-18(16)17(15-10-5-6-11-15)14-8-3-2-4-9-14/h2-4,8-9,15-19H,5-7,10-13H2,1H3. The Balaban J connectivity index is 1.87. The first-order valence-electron chi connectivity index (χ1n) is 8.21. The van der Waals surface area contributed by atoms with Crippen LogP contribution in [0.15, 0.2) is 30.3 Å². The first kappa shape index (κ1) is 14.1. The summed E-state index contributed by atoms with van der Waals surface area (Å²) < 4.78 is 5.80. The van der Waals surface area contributed by atoms with E-state index in [1.807, 2.05) is 7.11 Å². The molecule has 1 saturated heterocycles. The summed E-state index contributed by atoms with van der Waals surface area (Å²) >= 11 is 0. The van der Waals surface area contributed by atoms with Gasteiger partial charge < -0.3 is 10.1 Å². The second-order valence-corrected chi connectivity index (χ2v) is 6.38. The van der Waals surface area contributed by atoms with Gasteiger partial charge in [-0.05, 0) is 43.7 Å². The van der Waals surface area contributed by atoms with Crippen LogP contribution in [0.3, 0.4) is 0 Å². The summed E-state index contributed by atoms with van der Waals surface area (Å²) in [4.78, 5) is 0. The van der Waals surface area contributed by atoms with Gasteiger partial charge in [0.15, 0.2) is 0 Å². The van der Waals surface area contributed by atoms with Crippen molar-refractivity contribution in [1.29, 1.82) is 0 Å². The molecule has 0 aromatic heterocycles. The van der Waals surface area contributed by atoms with Gasteiger partial charge in [-0.1, -0.05) is 43.2 Å². The van der Waals surface area contributed by atoms with E-state index < -0.39 is 0 Å². The maximum atomic E-state index is 5.80. The fraction of sp³-hybridized carbons (Fsp3) is 0.667. The summed E-state index contributed by atoms with van der Waals surface area (Å²) in [6.07, 6.45) is 8.37. The number of hydrogen-bond acceptors (Lipinski definition) is 2. The van der Waals surface area contributed by atoms with Gasteiger partial charge in [0, 0.05) is 19.1 Å². The Hall–Kier alpha value is -0.860. The molecule has 1 aromatic carbocycles. The van der Waals surface area contributed by atoms with Crippen LogP contribution in [0.25, 0.3) is 0 Å². The second kappa shape index (κ2) is 6.73. The van der Waals surface area contributed by atoms with E-state index in [-0.39, 0.29) is 0 Å². The van der Waals surface area contributed by atoms with Crippen LogP contribution in [0, 0.1) is 5.92 Å². The molecule has 3 rings (SSSR count). The Bertz CT molecular complexity index is 399. The molecule has 1 saturated carbocycles. The minimum Gasteiger partial charge on any atom is -0.380 e. The number of hydrogen-bond donors (Lipinski definition) is 1. The van der Waals surface area contributed by atoms with Crippen molar-refractivity contribution in [3.8, 4) is 0 Å². The van der Waals surface area contributed by atoms with Crippen LogP contribution in [0.2, 0.25) is 0 Å². The van der Waals surface area contributed by atoms with Crippen LogP contribution in [0.4, 0.5) is 0 Å². The van der Waals surface area contributed by atoms with Crippen LogP contribution in [0.1, 0.15) is 50.0 Å². The zero-order chi connectivity index (χ0) is 13.8. The number of methoxy groups -OCH3 is 1. The van der Waals surface area contributed by atoms with Gasteiger partial charge in [-0.3, -0.25) is 0 Å². The third-order valence-electron chi connectivity index (χ3n) is 5.23. The highest BCUT2D eigenvalue weighted by atomic mass is 16.5. The highest BCUT2D eigenvalue weighted by molar-refractivity contribution is 5.23. The molecule has 2 nitrogen and oxygen atoms in total. The summed E-state index contributed by atoms with van der Waals surface area (Å²) in [5.41, 5.74) is 1.50. The first-order valence-corrected chi connectivity index (χ1v) is 8.21. The maximum absolute atomic E-state index is 5.80. The van der Waals surface area contributed by atoms with Crippen LogP contribution < -0.4 is 5.32 Å². The molecule has 0 spiro atoms. The topological polar surface area (TPSA) is 21.3 Å². The van der Waals surface area contributed by atoms with E-state index in [4.69, 9.17) is 4.74 Å². The summed E-state index contributed by atoms with van der Waals surface area (Å²) in [5, 5.41) is 3.77. The second-order valence-electron chi connectivity index (χ2n) is 6.38. The molecule has 20 heavy (non-hydrogen) atoms. The minimum atomic E-state index is 0.370. The van der Waals surface area contributed by atoms with Crippen molar-refractivity contribution in [3.05, 3.63) is 35.9 Å². The Morgan fingerprint density at radius 2 is 1.80 bits per heavy atom. The van der Waals surface area contributed by atoms with Gasteiger partial charge in [0.2, 0.25) is 0 Å².